The number of hydrogen-bond acceptors (Lipinski definition) is 7. The zero-order chi connectivity index (χ0) is 10.4. The normalized spacial score (nSPS) is 10.4. The van der Waals surface area contributed by atoms with Crippen LogP contribution in [-0.4, -0.2) is 34.6 Å². The molecule has 7 nitrogen and oxygen atoms in total. The minimum atomic E-state index is 0.159. The van der Waals surface area contributed by atoms with Gasteiger partial charge in [-0.2, -0.15) is 15.0 Å². The quantitative estimate of drug-likeness (QED) is 0.407. The molecule has 0 unspecified atom stereocenters. The van der Waals surface area contributed by atoms with Crippen LogP contribution in [0.3, 0.4) is 0 Å². The average Bonchev–Trinajstić information content (AvgIpc) is 2.11. The number of hydrogen-bond donors (Lipinski definition) is 4. The molecule has 1 aromatic heterocycles. The lowest BCUT2D eigenvalue weighted by molar-refractivity contribution is 0.672. The first-order valence-corrected chi connectivity index (χ1v) is 4.39. The molecular formula is C7H15N7. The van der Waals surface area contributed by atoms with Crippen LogP contribution in [0.1, 0.15) is 5.82 Å². The fraction of sp³-hybridized carbons (Fsp3) is 0.571. The molecule has 0 atom stereocenters. The molecule has 0 aliphatic heterocycles. The molecule has 14 heavy (non-hydrogen) atoms. The number of nitrogens with zero attached hydrogens (tertiary/aromatic N) is 3. The smallest absolute Gasteiger partial charge is 0.225 e. The van der Waals surface area contributed by atoms with Gasteiger partial charge in [-0.3, -0.25) is 0 Å². The van der Waals surface area contributed by atoms with Crippen molar-refractivity contribution < 1.29 is 0 Å². The third kappa shape index (κ3) is 3.50. The summed E-state index contributed by atoms with van der Waals surface area (Å²) < 4.78 is 0. The summed E-state index contributed by atoms with van der Waals surface area (Å²) in [7, 11) is 0. The Labute approximate surface area is 82.1 Å². The van der Waals surface area contributed by atoms with Crippen LogP contribution in [-0.2, 0) is 6.42 Å². The molecule has 0 radical (unpaired) electrons. The highest BCUT2D eigenvalue weighted by molar-refractivity contribution is 5.25. The number of anilines is 2. The van der Waals surface area contributed by atoms with Crippen LogP contribution in [0.5, 0.6) is 0 Å². The van der Waals surface area contributed by atoms with Gasteiger partial charge in [-0.15, -0.1) is 0 Å². The second kappa shape index (κ2) is 5.30. The Morgan fingerprint density at radius 2 is 1.64 bits per heavy atom. The Morgan fingerprint density at radius 3 is 2.21 bits per heavy atom. The Kier molecular flexibility index (Phi) is 4.02. The molecule has 0 aliphatic rings. The van der Waals surface area contributed by atoms with Crippen molar-refractivity contribution in [2.45, 2.75) is 6.42 Å². The van der Waals surface area contributed by atoms with E-state index in [2.05, 4.69) is 20.3 Å². The van der Waals surface area contributed by atoms with Gasteiger partial charge in [0.1, 0.15) is 5.82 Å². The second-order valence-electron chi connectivity index (χ2n) is 2.76. The highest BCUT2D eigenvalue weighted by Gasteiger charge is 2.00. The zero-order valence-corrected chi connectivity index (χ0v) is 7.90. The van der Waals surface area contributed by atoms with E-state index in [0.717, 1.165) is 13.1 Å². The molecule has 1 aromatic rings. The van der Waals surface area contributed by atoms with Gasteiger partial charge in [-0.05, 0) is 0 Å². The van der Waals surface area contributed by atoms with Crippen molar-refractivity contribution in [2.75, 3.05) is 31.1 Å². The van der Waals surface area contributed by atoms with Gasteiger partial charge in [0.05, 0.1) is 0 Å². The molecule has 0 aromatic carbocycles. The van der Waals surface area contributed by atoms with Gasteiger partial charge >= 0.3 is 0 Å². The summed E-state index contributed by atoms with van der Waals surface area (Å²) in [6.45, 7) is 2.14. The van der Waals surface area contributed by atoms with Gasteiger partial charge in [0.2, 0.25) is 11.9 Å². The van der Waals surface area contributed by atoms with E-state index in [0.29, 0.717) is 18.8 Å². The van der Waals surface area contributed by atoms with E-state index in [9.17, 15) is 0 Å². The predicted octanol–water partition coefficient (Wildman–Crippen LogP) is -1.87. The van der Waals surface area contributed by atoms with Gasteiger partial charge in [0, 0.05) is 26.1 Å². The molecule has 0 aliphatic carbocycles. The number of nitrogens with one attached hydrogen (secondary N) is 1. The highest BCUT2D eigenvalue weighted by Crippen LogP contribution is 1.98. The fourth-order valence-electron chi connectivity index (χ4n) is 0.996. The third-order valence-corrected chi connectivity index (χ3v) is 1.56. The van der Waals surface area contributed by atoms with Crippen LogP contribution in [0.25, 0.3) is 0 Å². The largest absolute Gasteiger partial charge is 0.368 e. The molecule has 0 saturated heterocycles. The van der Waals surface area contributed by atoms with Crippen LogP contribution < -0.4 is 22.5 Å². The SMILES string of the molecule is NCCNCCc1nc(N)nc(N)n1. The monoisotopic (exact) mass is 197 g/mol. The molecular weight excluding hydrogens is 182 g/mol. The van der Waals surface area contributed by atoms with Gasteiger partial charge in [0.25, 0.3) is 0 Å². The lowest BCUT2D eigenvalue weighted by Crippen LogP contribution is -2.25. The first kappa shape index (κ1) is 10.6. The highest BCUT2D eigenvalue weighted by atomic mass is 15.1. The van der Waals surface area contributed by atoms with Crippen LogP contribution >= 0.6 is 0 Å². The summed E-state index contributed by atoms with van der Waals surface area (Å²) in [5.41, 5.74) is 16.1. The molecule has 7 N–H and O–H groups in total. The van der Waals surface area contributed by atoms with Crippen LogP contribution in [0.2, 0.25) is 0 Å². The van der Waals surface area contributed by atoms with Crippen LogP contribution in [0.4, 0.5) is 11.9 Å². The predicted molar refractivity (Wildman–Crippen MR) is 54.3 cm³/mol. The lowest BCUT2D eigenvalue weighted by atomic mass is 10.4. The first-order valence-electron chi connectivity index (χ1n) is 4.39. The molecule has 0 amide bonds. The Bertz CT molecular complexity index is 267. The van der Waals surface area contributed by atoms with E-state index in [4.69, 9.17) is 17.2 Å². The van der Waals surface area contributed by atoms with E-state index in [-0.39, 0.29) is 11.9 Å². The first-order chi connectivity index (χ1) is 6.72. The Morgan fingerprint density at radius 1 is 1.00 bits per heavy atom. The molecule has 0 spiro atoms. The summed E-state index contributed by atoms with van der Waals surface area (Å²) in [5.74, 6) is 0.914. The van der Waals surface area contributed by atoms with Gasteiger partial charge in [-0.25, -0.2) is 0 Å². The van der Waals surface area contributed by atoms with Gasteiger partial charge in [-0.1, -0.05) is 0 Å². The summed E-state index contributed by atoms with van der Waals surface area (Å²) in [6, 6.07) is 0. The van der Waals surface area contributed by atoms with Crippen molar-refractivity contribution in [1.82, 2.24) is 20.3 Å². The fourth-order valence-corrected chi connectivity index (χ4v) is 0.996. The van der Waals surface area contributed by atoms with Crippen molar-refractivity contribution >= 4 is 11.9 Å². The lowest BCUT2D eigenvalue weighted by Gasteiger charge is -2.03. The number of rotatable bonds is 5. The molecule has 1 rings (SSSR count). The second-order valence-corrected chi connectivity index (χ2v) is 2.76. The van der Waals surface area contributed by atoms with Crippen molar-refractivity contribution in [3.8, 4) is 0 Å². The van der Waals surface area contributed by atoms with E-state index in [1.165, 1.54) is 0 Å². The summed E-state index contributed by atoms with van der Waals surface area (Å²) >= 11 is 0. The zero-order valence-electron chi connectivity index (χ0n) is 7.90. The summed E-state index contributed by atoms with van der Waals surface area (Å²) in [4.78, 5) is 11.5. The molecule has 78 valence electrons. The van der Waals surface area contributed by atoms with Crippen LogP contribution in [0, 0.1) is 0 Å². The Hall–Kier alpha value is -1.47. The molecule has 7 heteroatoms. The summed E-state index contributed by atoms with van der Waals surface area (Å²) in [6.07, 6.45) is 0.664. The van der Waals surface area contributed by atoms with E-state index >= 15 is 0 Å². The maximum absolute atomic E-state index is 5.41. The number of aromatic nitrogens is 3. The Balaban J connectivity index is 2.42. The maximum atomic E-state index is 5.41. The van der Waals surface area contributed by atoms with Gasteiger partial charge in [0.15, 0.2) is 0 Å². The topological polar surface area (TPSA) is 129 Å². The molecule has 1 heterocycles. The third-order valence-electron chi connectivity index (χ3n) is 1.56. The minimum absolute atomic E-state index is 0.159. The van der Waals surface area contributed by atoms with Crippen molar-refractivity contribution in [3.05, 3.63) is 5.82 Å². The average molecular weight is 197 g/mol. The van der Waals surface area contributed by atoms with Crippen molar-refractivity contribution in [1.29, 1.82) is 0 Å². The molecule has 0 fully saturated rings. The van der Waals surface area contributed by atoms with E-state index in [1.807, 2.05) is 0 Å². The van der Waals surface area contributed by atoms with E-state index in [1.54, 1.807) is 0 Å². The number of nitrogen functional groups attached to an aromatic ring is 2. The molecule has 0 saturated carbocycles. The summed E-state index contributed by atoms with van der Waals surface area (Å²) in [5, 5.41) is 3.12. The molecule has 0 bridgehead atoms. The van der Waals surface area contributed by atoms with Gasteiger partial charge < -0.3 is 22.5 Å². The van der Waals surface area contributed by atoms with Crippen molar-refractivity contribution in [3.63, 3.8) is 0 Å². The minimum Gasteiger partial charge on any atom is -0.368 e. The number of nitrogens with two attached hydrogens (primary N) is 3. The standard InChI is InChI=1S/C7H15N7/c8-2-4-11-3-1-5-12-6(9)14-7(10)13-5/h11H,1-4,8H2,(H4,9,10,12,13,14). The van der Waals surface area contributed by atoms with Crippen LogP contribution in [0.15, 0.2) is 0 Å². The van der Waals surface area contributed by atoms with Crippen molar-refractivity contribution in [2.24, 2.45) is 5.73 Å². The van der Waals surface area contributed by atoms with E-state index < -0.39 is 0 Å². The maximum Gasteiger partial charge on any atom is 0.225 e.